The fourth-order valence-corrected chi connectivity index (χ4v) is 5.74. The molecule has 0 bridgehead atoms. The van der Waals surface area contributed by atoms with Crippen LogP contribution in [-0.2, 0) is 4.79 Å². The third kappa shape index (κ3) is 4.60. The Hall–Kier alpha value is -1.40. The lowest BCUT2D eigenvalue weighted by Gasteiger charge is -2.33. The van der Waals surface area contributed by atoms with Crippen LogP contribution in [-0.4, -0.2) is 48.1 Å². The van der Waals surface area contributed by atoms with E-state index in [0.717, 1.165) is 56.5 Å². The highest BCUT2D eigenvalue weighted by Crippen LogP contribution is 2.40. The Kier molecular flexibility index (Phi) is 6.81. The third-order valence-corrected chi connectivity index (χ3v) is 7.70. The van der Waals surface area contributed by atoms with E-state index < -0.39 is 5.97 Å². The van der Waals surface area contributed by atoms with Crippen LogP contribution in [0.15, 0.2) is 6.07 Å². The van der Waals surface area contributed by atoms with Gasteiger partial charge in [0.25, 0.3) is 0 Å². The number of carbonyl (C=O) groups is 2. The number of piperidine rings is 1. The second-order valence-electron chi connectivity index (χ2n) is 9.00. The maximum Gasteiger partial charge on any atom is 0.348 e. The van der Waals surface area contributed by atoms with Gasteiger partial charge in [-0.1, -0.05) is 6.92 Å². The predicted octanol–water partition coefficient (Wildman–Crippen LogP) is 4.82. The van der Waals surface area contributed by atoms with Crippen LogP contribution in [0.5, 0.6) is 0 Å². The molecule has 1 amide bonds. The zero-order valence-corrected chi connectivity index (χ0v) is 18.4. The van der Waals surface area contributed by atoms with E-state index in [-0.39, 0.29) is 17.9 Å². The molecule has 1 saturated carbocycles. The topological polar surface area (TPSA) is 60.9 Å². The minimum absolute atomic E-state index is 0.0203. The van der Waals surface area contributed by atoms with Crippen LogP contribution in [0.4, 0.5) is 5.69 Å². The molecule has 1 aliphatic heterocycles. The SMILES string of the molecule is CC1CCC(C(=O)N(c2cc(C3CCN(C)CC3)sc2C(=O)O)C(C)C)CC1. The van der Waals surface area contributed by atoms with Gasteiger partial charge in [0.15, 0.2) is 0 Å². The first-order valence-electron chi connectivity index (χ1n) is 10.7. The molecule has 6 heteroatoms. The molecule has 2 aliphatic rings. The summed E-state index contributed by atoms with van der Waals surface area (Å²) in [7, 11) is 2.13. The lowest BCUT2D eigenvalue weighted by Crippen LogP contribution is -2.42. The van der Waals surface area contributed by atoms with Gasteiger partial charge >= 0.3 is 5.97 Å². The van der Waals surface area contributed by atoms with E-state index in [9.17, 15) is 14.7 Å². The summed E-state index contributed by atoms with van der Waals surface area (Å²) < 4.78 is 0. The monoisotopic (exact) mass is 406 g/mol. The van der Waals surface area contributed by atoms with Gasteiger partial charge in [-0.25, -0.2) is 4.79 Å². The van der Waals surface area contributed by atoms with E-state index in [0.29, 0.717) is 22.4 Å². The number of rotatable bonds is 5. The van der Waals surface area contributed by atoms with Crippen molar-refractivity contribution in [1.82, 2.24) is 4.90 Å². The van der Waals surface area contributed by atoms with Crippen molar-refractivity contribution in [3.8, 4) is 0 Å². The number of amides is 1. The van der Waals surface area contributed by atoms with E-state index in [2.05, 4.69) is 18.9 Å². The summed E-state index contributed by atoms with van der Waals surface area (Å²) in [5, 5.41) is 9.84. The van der Waals surface area contributed by atoms with Crippen molar-refractivity contribution in [3.05, 3.63) is 15.8 Å². The van der Waals surface area contributed by atoms with Gasteiger partial charge in [-0.15, -0.1) is 11.3 Å². The van der Waals surface area contributed by atoms with Crippen LogP contribution in [0.25, 0.3) is 0 Å². The number of carboxylic acids is 1. The normalized spacial score (nSPS) is 24.5. The van der Waals surface area contributed by atoms with Crippen LogP contribution < -0.4 is 4.90 Å². The molecule has 1 aromatic heterocycles. The Balaban J connectivity index is 1.89. The van der Waals surface area contributed by atoms with Crippen molar-refractivity contribution >= 4 is 28.9 Å². The van der Waals surface area contributed by atoms with Crippen molar-refractivity contribution in [2.75, 3.05) is 25.0 Å². The van der Waals surface area contributed by atoms with Crippen molar-refractivity contribution < 1.29 is 14.7 Å². The van der Waals surface area contributed by atoms with Gasteiger partial charge in [0, 0.05) is 16.8 Å². The summed E-state index contributed by atoms with van der Waals surface area (Å²) in [4.78, 5) is 30.9. The molecule has 0 aromatic carbocycles. The van der Waals surface area contributed by atoms with E-state index >= 15 is 0 Å². The zero-order chi connectivity index (χ0) is 20.4. The number of thiophene rings is 1. The van der Waals surface area contributed by atoms with Gasteiger partial charge in [-0.05, 0) is 90.4 Å². The number of hydrogen-bond donors (Lipinski definition) is 1. The molecule has 1 aromatic rings. The summed E-state index contributed by atoms with van der Waals surface area (Å²) in [5.74, 6) is 0.287. The van der Waals surface area contributed by atoms with Crippen molar-refractivity contribution in [2.45, 2.75) is 71.3 Å². The molecular weight excluding hydrogens is 372 g/mol. The number of aromatic carboxylic acids is 1. The Labute approximate surface area is 172 Å². The van der Waals surface area contributed by atoms with Gasteiger partial charge in [0.2, 0.25) is 5.91 Å². The van der Waals surface area contributed by atoms with E-state index in [4.69, 9.17) is 0 Å². The van der Waals surface area contributed by atoms with Gasteiger partial charge in [-0.2, -0.15) is 0 Å². The number of hydrogen-bond acceptors (Lipinski definition) is 4. The van der Waals surface area contributed by atoms with E-state index in [1.54, 1.807) is 4.90 Å². The number of carboxylic acid groups (broad SMARTS) is 1. The second-order valence-corrected chi connectivity index (χ2v) is 10.1. The molecule has 0 unspecified atom stereocenters. The summed E-state index contributed by atoms with van der Waals surface area (Å²) in [6.45, 7) is 8.29. The van der Waals surface area contributed by atoms with Crippen LogP contribution in [0.3, 0.4) is 0 Å². The molecule has 1 aliphatic carbocycles. The number of anilines is 1. The lowest BCUT2D eigenvalue weighted by molar-refractivity contribution is -0.123. The van der Waals surface area contributed by atoms with Crippen LogP contribution in [0.2, 0.25) is 0 Å². The highest BCUT2D eigenvalue weighted by atomic mass is 32.1. The van der Waals surface area contributed by atoms with Gasteiger partial charge in [0.05, 0.1) is 5.69 Å². The molecule has 156 valence electrons. The minimum Gasteiger partial charge on any atom is -0.477 e. The Bertz CT molecular complexity index is 699. The van der Waals surface area contributed by atoms with Crippen molar-refractivity contribution in [3.63, 3.8) is 0 Å². The van der Waals surface area contributed by atoms with E-state index in [1.807, 2.05) is 19.9 Å². The number of nitrogens with zero attached hydrogens (tertiary/aromatic N) is 2. The minimum atomic E-state index is -0.921. The predicted molar refractivity (Wildman–Crippen MR) is 114 cm³/mol. The zero-order valence-electron chi connectivity index (χ0n) is 17.6. The standard InChI is InChI=1S/C22H34N2O3S/c1-14(2)24(21(25)17-7-5-15(3)6-8-17)18-13-19(28-20(18)22(26)27)16-9-11-23(4)12-10-16/h13-17H,5-12H2,1-4H3,(H,26,27). The van der Waals surface area contributed by atoms with Gasteiger partial charge in [-0.3, -0.25) is 4.79 Å². The van der Waals surface area contributed by atoms with Gasteiger partial charge < -0.3 is 14.9 Å². The first-order valence-corrected chi connectivity index (χ1v) is 11.5. The number of likely N-dealkylation sites (tertiary alicyclic amines) is 1. The summed E-state index contributed by atoms with van der Waals surface area (Å²) in [5.41, 5.74) is 0.616. The maximum absolute atomic E-state index is 13.4. The third-order valence-electron chi connectivity index (χ3n) is 6.43. The number of carbonyl (C=O) groups excluding carboxylic acids is 1. The average molecular weight is 407 g/mol. The first-order chi connectivity index (χ1) is 13.3. The lowest BCUT2D eigenvalue weighted by atomic mass is 9.82. The fraction of sp³-hybridized carbons (Fsp3) is 0.727. The Morgan fingerprint density at radius 2 is 1.75 bits per heavy atom. The summed E-state index contributed by atoms with van der Waals surface area (Å²) >= 11 is 1.37. The van der Waals surface area contributed by atoms with E-state index in [1.165, 1.54) is 11.3 Å². The average Bonchev–Trinajstić information content (AvgIpc) is 3.07. The molecular formula is C22H34N2O3S. The second kappa shape index (κ2) is 8.95. The fourth-order valence-electron chi connectivity index (χ4n) is 4.58. The molecule has 2 fully saturated rings. The summed E-state index contributed by atoms with van der Waals surface area (Å²) in [6, 6.07) is 1.96. The van der Waals surface area contributed by atoms with Crippen molar-refractivity contribution in [2.24, 2.45) is 11.8 Å². The molecule has 0 atom stereocenters. The molecule has 1 N–H and O–H groups in total. The summed E-state index contributed by atoms with van der Waals surface area (Å²) in [6.07, 6.45) is 6.09. The molecule has 0 radical (unpaired) electrons. The van der Waals surface area contributed by atoms with Crippen LogP contribution in [0, 0.1) is 11.8 Å². The quantitative estimate of drug-likeness (QED) is 0.761. The molecule has 3 rings (SSSR count). The molecule has 2 heterocycles. The highest BCUT2D eigenvalue weighted by Gasteiger charge is 2.34. The molecule has 0 spiro atoms. The molecule has 1 saturated heterocycles. The molecule has 28 heavy (non-hydrogen) atoms. The smallest absolute Gasteiger partial charge is 0.348 e. The first kappa shape index (κ1) is 21.3. The maximum atomic E-state index is 13.4. The molecule has 5 nitrogen and oxygen atoms in total. The van der Waals surface area contributed by atoms with Crippen LogP contribution >= 0.6 is 11.3 Å². The van der Waals surface area contributed by atoms with Crippen LogP contribution in [0.1, 0.15) is 79.8 Å². The Morgan fingerprint density at radius 3 is 2.29 bits per heavy atom. The van der Waals surface area contributed by atoms with Crippen molar-refractivity contribution in [1.29, 1.82) is 0 Å². The highest BCUT2D eigenvalue weighted by molar-refractivity contribution is 7.14. The Morgan fingerprint density at radius 1 is 1.14 bits per heavy atom. The largest absolute Gasteiger partial charge is 0.477 e. The van der Waals surface area contributed by atoms with Gasteiger partial charge in [0.1, 0.15) is 4.88 Å².